The van der Waals surface area contributed by atoms with Crippen molar-refractivity contribution in [2.45, 2.75) is 32.1 Å². The van der Waals surface area contributed by atoms with Gasteiger partial charge in [-0.05, 0) is 43.5 Å². The number of aryl methyl sites for hydroxylation is 2. The van der Waals surface area contributed by atoms with Gasteiger partial charge in [0.1, 0.15) is 0 Å². The largest absolute Gasteiger partial charge is 0.355 e. The standard InChI is InChI=1S/C13H22N4O3S/c1-4-5-15-12(18)8-16-21(19,20)13-9(2)6-11(17-14)7-10(13)3/h6-7,16-17H,4-5,8,14H2,1-3H3,(H,15,18). The molecule has 1 amide bonds. The number of carbonyl (C=O) groups excluding carboxylic acids is 1. The number of hydrogen-bond donors (Lipinski definition) is 4. The van der Waals surface area contributed by atoms with Crippen LogP contribution in [-0.2, 0) is 14.8 Å². The van der Waals surface area contributed by atoms with E-state index in [9.17, 15) is 13.2 Å². The number of rotatable bonds is 7. The van der Waals surface area contributed by atoms with Gasteiger partial charge < -0.3 is 10.7 Å². The van der Waals surface area contributed by atoms with Gasteiger partial charge in [0.2, 0.25) is 15.9 Å². The molecule has 0 saturated heterocycles. The highest BCUT2D eigenvalue weighted by atomic mass is 32.2. The first-order chi connectivity index (χ1) is 9.81. The molecule has 0 aliphatic carbocycles. The number of hydrogen-bond acceptors (Lipinski definition) is 5. The van der Waals surface area contributed by atoms with Crippen LogP contribution in [0.5, 0.6) is 0 Å². The second-order valence-electron chi connectivity index (χ2n) is 4.76. The Bertz CT molecular complexity index is 591. The minimum Gasteiger partial charge on any atom is -0.355 e. The molecule has 1 aromatic carbocycles. The molecule has 0 spiro atoms. The van der Waals surface area contributed by atoms with Gasteiger partial charge in [-0.15, -0.1) is 0 Å². The Labute approximate surface area is 125 Å². The third kappa shape index (κ3) is 4.69. The lowest BCUT2D eigenvalue weighted by atomic mass is 10.1. The Morgan fingerprint density at radius 2 is 1.81 bits per heavy atom. The fourth-order valence-electron chi connectivity index (χ4n) is 2.02. The number of carbonyl (C=O) groups is 1. The molecule has 0 bridgehead atoms. The van der Waals surface area contributed by atoms with Crippen LogP contribution in [0.15, 0.2) is 17.0 Å². The summed E-state index contributed by atoms with van der Waals surface area (Å²) in [6, 6.07) is 3.28. The summed E-state index contributed by atoms with van der Waals surface area (Å²) in [4.78, 5) is 11.7. The minimum atomic E-state index is -3.75. The lowest BCUT2D eigenvalue weighted by Gasteiger charge is -2.14. The van der Waals surface area contributed by atoms with E-state index in [4.69, 9.17) is 5.84 Å². The van der Waals surface area contributed by atoms with Gasteiger partial charge >= 0.3 is 0 Å². The van der Waals surface area contributed by atoms with Gasteiger partial charge in [0.25, 0.3) is 0 Å². The fourth-order valence-corrected chi connectivity index (χ4v) is 3.45. The maximum absolute atomic E-state index is 12.3. The van der Waals surface area contributed by atoms with E-state index in [0.717, 1.165) is 6.42 Å². The van der Waals surface area contributed by atoms with Gasteiger partial charge in [0.15, 0.2) is 0 Å². The predicted molar refractivity (Wildman–Crippen MR) is 82.2 cm³/mol. The molecule has 0 saturated carbocycles. The van der Waals surface area contributed by atoms with Crippen molar-refractivity contribution in [1.29, 1.82) is 0 Å². The van der Waals surface area contributed by atoms with Crippen LogP contribution >= 0.6 is 0 Å². The highest BCUT2D eigenvalue weighted by Gasteiger charge is 2.20. The second kappa shape index (κ2) is 7.39. The first-order valence-corrected chi connectivity index (χ1v) is 8.14. The third-order valence-electron chi connectivity index (χ3n) is 2.89. The molecule has 5 N–H and O–H groups in total. The molecule has 0 unspecified atom stereocenters. The van der Waals surface area contributed by atoms with E-state index in [-0.39, 0.29) is 17.3 Å². The van der Waals surface area contributed by atoms with Crippen molar-refractivity contribution in [3.63, 3.8) is 0 Å². The molecule has 0 radical (unpaired) electrons. The van der Waals surface area contributed by atoms with Crippen LogP contribution in [0.1, 0.15) is 24.5 Å². The molecule has 1 aromatic rings. The molecule has 118 valence electrons. The number of anilines is 1. The van der Waals surface area contributed by atoms with Gasteiger partial charge in [-0.25, -0.2) is 13.1 Å². The Kier molecular flexibility index (Phi) is 6.13. The first kappa shape index (κ1) is 17.4. The van der Waals surface area contributed by atoms with Crippen molar-refractivity contribution in [2.24, 2.45) is 5.84 Å². The van der Waals surface area contributed by atoms with E-state index >= 15 is 0 Å². The average molecular weight is 314 g/mol. The summed E-state index contributed by atoms with van der Waals surface area (Å²) in [7, 11) is -3.75. The van der Waals surface area contributed by atoms with Gasteiger partial charge in [0.05, 0.1) is 11.4 Å². The zero-order valence-electron chi connectivity index (χ0n) is 12.5. The summed E-state index contributed by atoms with van der Waals surface area (Å²) in [6.07, 6.45) is 0.796. The fraction of sp³-hybridized carbons (Fsp3) is 0.462. The molecule has 0 fully saturated rings. The van der Waals surface area contributed by atoms with Crippen LogP contribution in [-0.4, -0.2) is 27.4 Å². The van der Waals surface area contributed by atoms with Gasteiger partial charge in [-0.2, -0.15) is 0 Å². The molecule has 1 rings (SSSR count). The summed E-state index contributed by atoms with van der Waals surface area (Å²) in [5.74, 6) is 4.97. The maximum Gasteiger partial charge on any atom is 0.241 e. The molecule has 21 heavy (non-hydrogen) atoms. The number of nitrogen functional groups attached to an aromatic ring is 1. The van der Waals surface area contributed by atoms with Crippen LogP contribution < -0.4 is 21.3 Å². The summed E-state index contributed by atoms with van der Waals surface area (Å²) in [6.45, 7) is 5.52. The lowest BCUT2D eigenvalue weighted by Crippen LogP contribution is -2.37. The lowest BCUT2D eigenvalue weighted by molar-refractivity contribution is -0.119. The van der Waals surface area contributed by atoms with Crippen molar-refractivity contribution >= 4 is 21.6 Å². The van der Waals surface area contributed by atoms with E-state index in [1.165, 1.54) is 0 Å². The molecule has 0 heterocycles. The summed E-state index contributed by atoms with van der Waals surface area (Å²) >= 11 is 0. The summed E-state index contributed by atoms with van der Waals surface area (Å²) < 4.78 is 26.9. The van der Waals surface area contributed by atoms with E-state index in [1.807, 2.05) is 6.92 Å². The van der Waals surface area contributed by atoms with Crippen molar-refractivity contribution in [3.8, 4) is 0 Å². The van der Waals surface area contributed by atoms with Crippen molar-refractivity contribution in [3.05, 3.63) is 23.3 Å². The Morgan fingerprint density at radius 1 is 1.24 bits per heavy atom. The number of nitrogens with one attached hydrogen (secondary N) is 3. The van der Waals surface area contributed by atoms with Crippen LogP contribution in [0.3, 0.4) is 0 Å². The molecule has 7 nitrogen and oxygen atoms in total. The zero-order valence-corrected chi connectivity index (χ0v) is 13.3. The third-order valence-corrected chi connectivity index (χ3v) is 4.60. The van der Waals surface area contributed by atoms with Crippen molar-refractivity contribution in [2.75, 3.05) is 18.5 Å². The zero-order chi connectivity index (χ0) is 16.0. The van der Waals surface area contributed by atoms with Crippen molar-refractivity contribution < 1.29 is 13.2 Å². The van der Waals surface area contributed by atoms with Gasteiger partial charge in [-0.1, -0.05) is 6.92 Å². The summed E-state index contributed by atoms with van der Waals surface area (Å²) in [5.41, 5.74) is 4.23. The molecule has 0 atom stereocenters. The monoisotopic (exact) mass is 314 g/mol. The average Bonchev–Trinajstić information content (AvgIpc) is 2.41. The Morgan fingerprint density at radius 3 is 2.29 bits per heavy atom. The molecule has 8 heteroatoms. The smallest absolute Gasteiger partial charge is 0.241 e. The molecule has 0 aliphatic heterocycles. The van der Waals surface area contributed by atoms with Crippen LogP contribution in [0.4, 0.5) is 5.69 Å². The SMILES string of the molecule is CCCNC(=O)CNS(=O)(=O)c1c(C)cc(NN)cc1C. The molecular formula is C13H22N4O3S. The van der Waals surface area contributed by atoms with Crippen molar-refractivity contribution in [1.82, 2.24) is 10.0 Å². The minimum absolute atomic E-state index is 0.171. The normalized spacial score (nSPS) is 11.2. The number of nitrogens with two attached hydrogens (primary N) is 1. The highest BCUT2D eigenvalue weighted by molar-refractivity contribution is 7.89. The quantitative estimate of drug-likeness (QED) is 0.429. The molecule has 0 aromatic heterocycles. The van der Waals surface area contributed by atoms with E-state index in [1.54, 1.807) is 26.0 Å². The second-order valence-corrected chi connectivity index (χ2v) is 6.46. The number of sulfonamides is 1. The van der Waals surface area contributed by atoms with E-state index in [0.29, 0.717) is 23.4 Å². The van der Waals surface area contributed by atoms with E-state index < -0.39 is 10.0 Å². The topological polar surface area (TPSA) is 113 Å². The van der Waals surface area contributed by atoms with Crippen LogP contribution in [0.25, 0.3) is 0 Å². The maximum atomic E-state index is 12.3. The number of benzene rings is 1. The van der Waals surface area contributed by atoms with Crippen LogP contribution in [0.2, 0.25) is 0 Å². The number of amides is 1. The molecular weight excluding hydrogens is 292 g/mol. The summed E-state index contributed by atoms with van der Waals surface area (Å²) in [5, 5.41) is 2.61. The number of hydrazine groups is 1. The Balaban J connectivity index is 2.91. The highest BCUT2D eigenvalue weighted by Crippen LogP contribution is 2.23. The van der Waals surface area contributed by atoms with E-state index in [2.05, 4.69) is 15.5 Å². The first-order valence-electron chi connectivity index (χ1n) is 6.66. The van der Waals surface area contributed by atoms with Gasteiger partial charge in [-0.3, -0.25) is 10.6 Å². The van der Waals surface area contributed by atoms with Gasteiger partial charge in [0, 0.05) is 12.2 Å². The Hall–Kier alpha value is -1.64. The van der Waals surface area contributed by atoms with Crippen LogP contribution in [0, 0.1) is 13.8 Å². The predicted octanol–water partition coefficient (Wildman–Crippen LogP) is 0.394. The molecule has 0 aliphatic rings.